The van der Waals surface area contributed by atoms with E-state index in [1.807, 2.05) is 84.9 Å². The molecule has 5 aromatic rings. The first-order valence-electron chi connectivity index (χ1n) is 9.91. The van der Waals surface area contributed by atoms with Crippen LogP contribution in [0.4, 0.5) is 0 Å². The average molecular weight is 389 g/mol. The third-order valence-corrected chi connectivity index (χ3v) is 5.21. The van der Waals surface area contributed by atoms with E-state index in [1.54, 1.807) is 0 Å². The minimum absolute atomic E-state index is 0.336. The summed E-state index contributed by atoms with van der Waals surface area (Å²) in [6, 6.07) is 33.7. The van der Waals surface area contributed by atoms with E-state index in [0.717, 1.165) is 28.7 Å². The maximum Gasteiger partial charge on any atom is 0.347 e. The molecule has 0 atom stereocenters. The molecule has 0 fully saturated rings. The van der Waals surface area contributed by atoms with Crippen LogP contribution in [0.15, 0.2) is 112 Å². The van der Waals surface area contributed by atoms with Crippen LogP contribution >= 0.6 is 0 Å². The van der Waals surface area contributed by atoms with Gasteiger partial charge in [0.05, 0.1) is 10.9 Å². The van der Waals surface area contributed by atoms with Crippen molar-refractivity contribution in [1.29, 1.82) is 0 Å². The number of nitrogens with zero attached hydrogens (tertiary/aromatic N) is 1. The van der Waals surface area contributed by atoms with Gasteiger partial charge in [-0.15, -0.1) is 0 Å². The van der Waals surface area contributed by atoms with Crippen LogP contribution in [0.2, 0.25) is 0 Å². The zero-order valence-electron chi connectivity index (χ0n) is 16.3. The Labute approximate surface area is 174 Å². The normalized spacial score (nSPS) is 10.9. The highest BCUT2D eigenvalue weighted by atomic mass is 16.4. The lowest BCUT2D eigenvalue weighted by atomic mass is 9.92. The summed E-state index contributed by atoms with van der Waals surface area (Å²) in [5, 5.41) is 0.523. The molecule has 30 heavy (non-hydrogen) atoms. The molecule has 0 aliphatic heterocycles. The Bertz CT molecular complexity index is 1360. The number of fused-ring (bicyclic) bond motifs is 1. The molecule has 0 aliphatic carbocycles. The van der Waals surface area contributed by atoms with Crippen molar-refractivity contribution in [3.63, 3.8) is 0 Å². The Morgan fingerprint density at radius 2 is 1.27 bits per heavy atom. The molecule has 0 N–H and O–H groups in total. The van der Waals surface area contributed by atoms with Crippen LogP contribution < -0.4 is 5.63 Å². The second-order valence-electron chi connectivity index (χ2n) is 7.19. The van der Waals surface area contributed by atoms with E-state index in [9.17, 15) is 4.79 Å². The second kappa shape index (κ2) is 7.80. The predicted molar refractivity (Wildman–Crippen MR) is 120 cm³/mol. The van der Waals surface area contributed by atoms with E-state index < -0.39 is 0 Å². The molecule has 3 nitrogen and oxygen atoms in total. The molecule has 3 heteroatoms. The molecule has 0 bridgehead atoms. The summed E-state index contributed by atoms with van der Waals surface area (Å²) in [5.74, 6) is 0.336. The Kier molecular flexibility index (Phi) is 4.70. The van der Waals surface area contributed by atoms with Crippen molar-refractivity contribution in [3.8, 4) is 22.6 Å². The number of aromatic nitrogens is 1. The van der Waals surface area contributed by atoms with Gasteiger partial charge >= 0.3 is 5.63 Å². The van der Waals surface area contributed by atoms with E-state index in [-0.39, 0.29) is 5.63 Å². The largest absolute Gasteiger partial charge is 0.403 e. The van der Waals surface area contributed by atoms with Gasteiger partial charge in [-0.2, -0.15) is 0 Å². The van der Waals surface area contributed by atoms with Crippen molar-refractivity contribution < 1.29 is 4.42 Å². The standard InChI is InChI=1S/C27H19NO2/c29-27-25-23(28-26(30-27)21-14-8-3-9-15-21)17-16-22(18-19-10-4-1-5-11-19)24(25)20-12-6-2-7-13-20/h1-17H,18H2. The average Bonchev–Trinajstić information content (AvgIpc) is 2.81. The SMILES string of the molecule is O=c1oc(-c2ccccc2)nc2ccc(Cc3ccccc3)c(-c3ccccc3)c12. The van der Waals surface area contributed by atoms with Gasteiger partial charge < -0.3 is 4.42 Å². The Hall–Kier alpha value is -3.98. The van der Waals surface area contributed by atoms with Crippen molar-refractivity contribution in [2.45, 2.75) is 6.42 Å². The predicted octanol–water partition coefficient (Wildman–Crippen LogP) is 6.11. The summed E-state index contributed by atoms with van der Waals surface area (Å²) in [4.78, 5) is 17.8. The molecule has 0 saturated carbocycles. The van der Waals surface area contributed by atoms with E-state index in [0.29, 0.717) is 16.8 Å². The van der Waals surface area contributed by atoms with E-state index in [2.05, 4.69) is 23.2 Å². The Morgan fingerprint density at radius 3 is 1.93 bits per heavy atom. The van der Waals surface area contributed by atoms with Crippen molar-refractivity contribution in [2.75, 3.05) is 0 Å². The molecular weight excluding hydrogens is 370 g/mol. The van der Waals surface area contributed by atoms with Crippen LogP contribution in [0.3, 0.4) is 0 Å². The topological polar surface area (TPSA) is 43.1 Å². The molecule has 0 saturated heterocycles. The lowest BCUT2D eigenvalue weighted by Crippen LogP contribution is -2.07. The minimum atomic E-state index is -0.368. The molecule has 0 radical (unpaired) electrons. The first kappa shape index (κ1) is 18.1. The quantitative estimate of drug-likeness (QED) is 0.372. The van der Waals surface area contributed by atoms with Crippen LogP contribution in [0, 0.1) is 0 Å². The molecule has 5 rings (SSSR count). The molecular formula is C27H19NO2. The number of rotatable bonds is 4. The van der Waals surface area contributed by atoms with Gasteiger partial charge in [-0.25, -0.2) is 9.78 Å². The molecule has 0 aliphatic rings. The minimum Gasteiger partial charge on any atom is -0.403 e. The molecule has 0 spiro atoms. The van der Waals surface area contributed by atoms with Crippen molar-refractivity contribution in [1.82, 2.24) is 4.98 Å². The number of hydrogen-bond acceptors (Lipinski definition) is 3. The van der Waals surface area contributed by atoms with Gasteiger partial charge in [0, 0.05) is 11.1 Å². The smallest absolute Gasteiger partial charge is 0.347 e. The Morgan fingerprint density at radius 1 is 0.667 bits per heavy atom. The van der Waals surface area contributed by atoms with Crippen LogP contribution in [-0.4, -0.2) is 4.98 Å². The fourth-order valence-electron chi connectivity index (χ4n) is 3.81. The van der Waals surface area contributed by atoms with E-state index in [1.165, 1.54) is 5.56 Å². The lowest BCUT2D eigenvalue weighted by molar-refractivity contribution is 0.518. The van der Waals surface area contributed by atoms with E-state index >= 15 is 0 Å². The maximum absolute atomic E-state index is 13.2. The summed E-state index contributed by atoms with van der Waals surface area (Å²) < 4.78 is 5.68. The van der Waals surface area contributed by atoms with Crippen LogP contribution in [-0.2, 0) is 6.42 Å². The van der Waals surface area contributed by atoms with Gasteiger partial charge in [0.2, 0.25) is 5.89 Å². The van der Waals surface area contributed by atoms with Gasteiger partial charge in [-0.1, -0.05) is 84.9 Å². The van der Waals surface area contributed by atoms with Crippen molar-refractivity contribution in [3.05, 3.63) is 125 Å². The van der Waals surface area contributed by atoms with Gasteiger partial charge in [-0.3, -0.25) is 0 Å². The highest BCUT2D eigenvalue weighted by molar-refractivity contribution is 5.96. The number of hydrogen-bond donors (Lipinski definition) is 0. The molecule has 0 amide bonds. The first-order valence-corrected chi connectivity index (χ1v) is 9.91. The molecule has 1 heterocycles. The fraction of sp³-hybridized carbons (Fsp3) is 0.0370. The van der Waals surface area contributed by atoms with Crippen LogP contribution in [0.1, 0.15) is 11.1 Å². The first-order chi connectivity index (χ1) is 14.8. The highest BCUT2D eigenvalue weighted by Gasteiger charge is 2.17. The fourth-order valence-corrected chi connectivity index (χ4v) is 3.81. The molecule has 144 valence electrons. The third kappa shape index (κ3) is 3.42. The summed E-state index contributed by atoms with van der Waals surface area (Å²) in [6.45, 7) is 0. The van der Waals surface area contributed by atoms with Gasteiger partial charge in [-0.05, 0) is 41.3 Å². The summed E-state index contributed by atoms with van der Waals surface area (Å²) in [7, 11) is 0. The van der Waals surface area contributed by atoms with Crippen LogP contribution in [0.25, 0.3) is 33.5 Å². The summed E-state index contributed by atoms with van der Waals surface area (Å²) in [6.07, 6.45) is 0.723. The molecule has 4 aromatic carbocycles. The number of benzene rings is 4. The zero-order chi connectivity index (χ0) is 20.3. The third-order valence-electron chi connectivity index (χ3n) is 5.21. The Balaban J connectivity index is 1.75. The van der Waals surface area contributed by atoms with Gasteiger partial charge in [0.1, 0.15) is 0 Å². The maximum atomic E-state index is 13.2. The monoisotopic (exact) mass is 389 g/mol. The molecule has 1 aromatic heterocycles. The highest BCUT2D eigenvalue weighted by Crippen LogP contribution is 2.32. The lowest BCUT2D eigenvalue weighted by Gasteiger charge is -2.13. The van der Waals surface area contributed by atoms with Gasteiger partial charge in [0.15, 0.2) is 0 Å². The van der Waals surface area contributed by atoms with Crippen LogP contribution in [0.5, 0.6) is 0 Å². The van der Waals surface area contributed by atoms with Crippen molar-refractivity contribution >= 4 is 10.9 Å². The molecule has 0 unspecified atom stereocenters. The second-order valence-corrected chi connectivity index (χ2v) is 7.19. The van der Waals surface area contributed by atoms with E-state index in [4.69, 9.17) is 4.42 Å². The zero-order valence-corrected chi connectivity index (χ0v) is 16.3. The van der Waals surface area contributed by atoms with Crippen molar-refractivity contribution in [2.24, 2.45) is 0 Å². The summed E-state index contributed by atoms with van der Waals surface area (Å²) >= 11 is 0. The summed E-state index contributed by atoms with van der Waals surface area (Å²) in [5.41, 5.74) is 5.18. The van der Waals surface area contributed by atoms with Gasteiger partial charge in [0.25, 0.3) is 0 Å².